The number of carbonyl (C=O) groups excluding carboxylic acids is 1. The summed E-state index contributed by atoms with van der Waals surface area (Å²) in [5, 5.41) is 4.13. The molecule has 0 aromatic carbocycles. The molecule has 0 spiro atoms. The minimum atomic E-state index is -0.128. The number of carbonyl (C=O) groups is 1. The summed E-state index contributed by atoms with van der Waals surface area (Å²) in [6.45, 7) is 4.17. The van der Waals surface area contributed by atoms with Crippen LogP contribution in [-0.2, 0) is 4.79 Å². The highest BCUT2D eigenvalue weighted by Gasteiger charge is 2.35. The van der Waals surface area contributed by atoms with Crippen molar-refractivity contribution in [1.29, 1.82) is 0 Å². The molecule has 1 saturated carbocycles. The quantitative estimate of drug-likeness (QED) is 0.228. The molecule has 0 amide bonds. The number of allylic oxidation sites excluding steroid dienone is 5. The highest BCUT2D eigenvalue weighted by Crippen LogP contribution is 2.37. The predicted octanol–water partition coefficient (Wildman–Crippen LogP) is 4.72. The summed E-state index contributed by atoms with van der Waals surface area (Å²) >= 11 is 3.59. The molecular weight excluding hydrogens is 350 g/mol. The van der Waals surface area contributed by atoms with Crippen LogP contribution in [0, 0.1) is 12.3 Å². The minimum absolute atomic E-state index is 0.128. The molecule has 0 saturated heterocycles. The largest absolute Gasteiger partial charge is 0.311 e. The van der Waals surface area contributed by atoms with Gasteiger partial charge in [-0.15, -0.1) is 6.42 Å². The van der Waals surface area contributed by atoms with Gasteiger partial charge in [-0.25, -0.2) is 0 Å². The summed E-state index contributed by atoms with van der Waals surface area (Å²) in [6, 6.07) is 0. The van der Waals surface area contributed by atoms with E-state index in [1.807, 2.05) is 19.2 Å². The third-order valence-corrected chi connectivity index (χ3v) is 5.44. The summed E-state index contributed by atoms with van der Waals surface area (Å²) in [5.41, 5.74) is 3.52. The van der Waals surface area contributed by atoms with Gasteiger partial charge in [0.1, 0.15) is 0 Å². The van der Waals surface area contributed by atoms with Crippen LogP contribution in [0.15, 0.2) is 34.4 Å². The number of hydrogen-bond donors (Lipinski definition) is 1. The first-order chi connectivity index (χ1) is 11.1. The van der Waals surface area contributed by atoms with Crippen molar-refractivity contribution in [1.82, 2.24) is 5.32 Å². The molecule has 126 valence electrons. The number of alkyl halides is 1. The minimum Gasteiger partial charge on any atom is -0.311 e. The number of rotatable bonds is 7. The highest BCUT2D eigenvalue weighted by atomic mass is 79.9. The molecule has 0 atom stereocenters. The molecule has 1 rings (SSSR count). The molecule has 1 aliphatic rings. The SMILES string of the molecule is C#CC(=C\C=C(/C)CC)/C(C=O)=C(\CBr)C1(NC)CCCCC1. The average molecular weight is 378 g/mol. The van der Waals surface area contributed by atoms with Gasteiger partial charge in [0.25, 0.3) is 0 Å². The van der Waals surface area contributed by atoms with Crippen LogP contribution in [0.3, 0.4) is 0 Å². The topological polar surface area (TPSA) is 29.1 Å². The van der Waals surface area contributed by atoms with Crippen LogP contribution in [-0.4, -0.2) is 24.2 Å². The Morgan fingerprint density at radius 2 is 1.96 bits per heavy atom. The molecule has 0 aromatic rings. The van der Waals surface area contributed by atoms with Crippen molar-refractivity contribution in [3.63, 3.8) is 0 Å². The molecule has 2 nitrogen and oxygen atoms in total. The fourth-order valence-corrected chi connectivity index (χ4v) is 4.01. The fraction of sp³-hybridized carbons (Fsp3) is 0.550. The fourth-order valence-electron chi connectivity index (χ4n) is 3.17. The lowest BCUT2D eigenvalue weighted by atomic mass is 9.74. The Morgan fingerprint density at radius 1 is 1.30 bits per heavy atom. The van der Waals surface area contributed by atoms with Gasteiger partial charge in [-0.3, -0.25) is 4.79 Å². The first-order valence-corrected chi connectivity index (χ1v) is 9.48. The summed E-state index contributed by atoms with van der Waals surface area (Å²) in [6.07, 6.45) is 17.2. The number of aldehydes is 1. The molecule has 1 fully saturated rings. The van der Waals surface area contributed by atoms with Gasteiger partial charge in [-0.05, 0) is 44.9 Å². The molecule has 0 unspecified atom stereocenters. The van der Waals surface area contributed by atoms with Crippen molar-refractivity contribution >= 4 is 22.2 Å². The van der Waals surface area contributed by atoms with E-state index in [4.69, 9.17) is 6.42 Å². The van der Waals surface area contributed by atoms with E-state index in [1.54, 1.807) is 0 Å². The van der Waals surface area contributed by atoms with E-state index in [2.05, 4.69) is 41.0 Å². The average Bonchev–Trinajstić information content (AvgIpc) is 2.61. The molecule has 1 aliphatic carbocycles. The van der Waals surface area contributed by atoms with Gasteiger partial charge in [-0.2, -0.15) is 0 Å². The second kappa shape index (κ2) is 9.90. The first-order valence-electron chi connectivity index (χ1n) is 8.36. The van der Waals surface area contributed by atoms with E-state index < -0.39 is 0 Å². The Kier molecular flexibility index (Phi) is 8.58. The van der Waals surface area contributed by atoms with Crippen molar-refractivity contribution in [2.45, 2.75) is 57.9 Å². The molecular formula is C20H28BrNO. The van der Waals surface area contributed by atoms with Crippen molar-refractivity contribution in [3.05, 3.63) is 34.4 Å². The maximum atomic E-state index is 11.9. The van der Waals surface area contributed by atoms with Crippen LogP contribution in [0.25, 0.3) is 0 Å². The van der Waals surface area contributed by atoms with E-state index in [-0.39, 0.29) is 5.54 Å². The maximum Gasteiger partial charge on any atom is 0.151 e. The van der Waals surface area contributed by atoms with E-state index in [1.165, 1.54) is 24.8 Å². The molecule has 0 aliphatic heterocycles. The predicted molar refractivity (Wildman–Crippen MR) is 103 cm³/mol. The zero-order valence-electron chi connectivity index (χ0n) is 14.5. The third-order valence-electron chi connectivity index (χ3n) is 4.88. The number of nitrogens with one attached hydrogen (secondary N) is 1. The van der Waals surface area contributed by atoms with E-state index in [0.29, 0.717) is 16.5 Å². The number of halogens is 1. The highest BCUT2D eigenvalue weighted by molar-refractivity contribution is 9.09. The van der Waals surface area contributed by atoms with Crippen LogP contribution in [0.5, 0.6) is 0 Å². The smallest absolute Gasteiger partial charge is 0.151 e. The number of terminal acetylenes is 1. The van der Waals surface area contributed by atoms with Crippen LogP contribution >= 0.6 is 15.9 Å². The van der Waals surface area contributed by atoms with Gasteiger partial charge in [0, 0.05) is 22.0 Å². The van der Waals surface area contributed by atoms with Gasteiger partial charge >= 0.3 is 0 Å². The lowest BCUT2D eigenvalue weighted by Crippen LogP contribution is -2.47. The summed E-state index contributed by atoms with van der Waals surface area (Å²) in [4.78, 5) is 11.9. The standard InChI is InChI=1S/C20H28BrNO/c1-5-16(3)10-11-17(6-2)18(15-23)19(14-21)20(22-4)12-8-7-9-13-20/h2,10-11,15,22H,5,7-9,12-14H2,1,3-4H3/b16-10+,17-11+,19-18+. The van der Waals surface area contributed by atoms with Crippen molar-refractivity contribution in [2.24, 2.45) is 0 Å². The number of hydrogen-bond acceptors (Lipinski definition) is 2. The van der Waals surface area contributed by atoms with Crippen molar-refractivity contribution in [3.8, 4) is 12.3 Å². The Bertz CT molecular complexity index is 542. The Labute approximate surface area is 149 Å². The molecule has 0 aromatic heterocycles. The van der Waals surface area contributed by atoms with Gasteiger partial charge < -0.3 is 5.32 Å². The monoisotopic (exact) mass is 377 g/mol. The van der Waals surface area contributed by atoms with Crippen LogP contribution in [0.2, 0.25) is 0 Å². The molecule has 1 N–H and O–H groups in total. The lowest BCUT2D eigenvalue weighted by Gasteiger charge is -2.40. The van der Waals surface area contributed by atoms with Gasteiger partial charge in [0.2, 0.25) is 0 Å². The van der Waals surface area contributed by atoms with Gasteiger partial charge in [-0.1, -0.05) is 59.7 Å². The van der Waals surface area contributed by atoms with Gasteiger partial charge in [0.15, 0.2) is 6.29 Å². The second-order valence-electron chi connectivity index (χ2n) is 6.13. The third kappa shape index (κ3) is 4.93. The van der Waals surface area contributed by atoms with Crippen LogP contribution in [0.1, 0.15) is 52.4 Å². The van der Waals surface area contributed by atoms with Gasteiger partial charge in [0.05, 0.1) is 0 Å². The molecule has 0 bridgehead atoms. The lowest BCUT2D eigenvalue weighted by molar-refractivity contribution is -0.104. The summed E-state index contributed by atoms with van der Waals surface area (Å²) in [5.74, 6) is 2.71. The van der Waals surface area contributed by atoms with Crippen molar-refractivity contribution < 1.29 is 4.79 Å². The van der Waals surface area contributed by atoms with E-state index in [9.17, 15) is 4.79 Å². The van der Waals surface area contributed by atoms with E-state index >= 15 is 0 Å². The normalized spacial score (nSPS) is 19.8. The molecule has 0 heterocycles. The second-order valence-corrected chi connectivity index (χ2v) is 6.69. The van der Waals surface area contributed by atoms with Crippen molar-refractivity contribution in [2.75, 3.05) is 12.4 Å². The molecule has 23 heavy (non-hydrogen) atoms. The Balaban J connectivity index is 3.41. The molecule has 0 radical (unpaired) electrons. The summed E-state index contributed by atoms with van der Waals surface area (Å²) < 4.78 is 0. The zero-order valence-corrected chi connectivity index (χ0v) is 16.1. The Hall–Kier alpha value is -1.11. The van der Waals surface area contributed by atoms with Crippen LogP contribution in [0.4, 0.5) is 0 Å². The Morgan fingerprint density at radius 3 is 2.39 bits per heavy atom. The zero-order chi connectivity index (χ0) is 17.3. The number of likely N-dealkylation sites (N-methyl/N-ethyl adjacent to an activating group) is 1. The maximum absolute atomic E-state index is 11.9. The van der Waals surface area contributed by atoms with Crippen LogP contribution < -0.4 is 5.32 Å². The van der Waals surface area contributed by atoms with E-state index in [0.717, 1.165) is 31.1 Å². The summed E-state index contributed by atoms with van der Waals surface area (Å²) in [7, 11) is 1.98. The first kappa shape index (κ1) is 19.9. The molecule has 3 heteroatoms.